The molecule has 0 atom stereocenters. The monoisotopic (exact) mass is 241 g/mol. The van der Waals surface area contributed by atoms with E-state index in [0.717, 1.165) is 16.3 Å². The van der Waals surface area contributed by atoms with Crippen LogP contribution in [-0.4, -0.2) is 16.2 Å². The summed E-state index contributed by atoms with van der Waals surface area (Å²) in [5.74, 6) is 0.673. The smallest absolute Gasteiger partial charge is 0.160 e. The minimum atomic E-state index is 0.567. The quantitative estimate of drug-likeness (QED) is 0.599. The molecule has 1 aromatic heterocycles. The molecule has 3 nitrogen and oxygen atoms in total. The van der Waals surface area contributed by atoms with Crippen molar-refractivity contribution in [3.05, 3.63) is 41.6 Å². The Bertz CT molecular complexity index is 573. The van der Waals surface area contributed by atoms with Crippen LogP contribution in [0.15, 0.2) is 35.4 Å². The summed E-state index contributed by atoms with van der Waals surface area (Å²) in [6, 6.07) is 11.9. The molecule has 84 valence electrons. The Kier molecular flexibility index (Phi) is 3.40. The van der Waals surface area contributed by atoms with E-state index in [9.17, 15) is 0 Å². The second-order valence-corrected chi connectivity index (χ2v) is 4.29. The van der Waals surface area contributed by atoms with Crippen LogP contribution in [0.4, 0.5) is 0 Å². The summed E-state index contributed by atoms with van der Waals surface area (Å²) in [5.41, 5.74) is 2.26. The molecule has 0 amide bonds. The Balaban J connectivity index is 2.59. The van der Waals surface area contributed by atoms with Crippen molar-refractivity contribution >= 4 is 11.8 Å². The fourth-order valence-electron chi connectivity index (χ4n) is 1.54. The zero-order chi connectivity index (χ0) is 12.3. The third-order valence-electron chi connectivity index (χ3n) is 2.39. The minimum Gasteiger partial charge on any atom is -0.232 e. The normalized spacial score (nSPS) is 9.94. The zero-order valence-electron chi connectivity index (χ0n) is 9.64. The predicted octanol–water partition coefficient (Wildman–Crippen LogP) is 3.05. The highest BCUT2D eigenvalue weighted by Crippen LogP contribution is 2.23. The molecule has 0 aliphatic rings. The Labute approximate surface area is 105 Å². The average molecular weight is 241 g/mol. The highest BCUT2D eigenvalue weighted by molar-refractivity contribution is 7.98. The van der Waals surface area contributed by atoms with Gasteiger partial charge in [-0.25, -0.2) is 9.97 Å². The van der Waals surface area contributed by atoms with Crippen molar-refractivity contribution in [3.8, 4) is 17.5 Å². The summed E-state index contributed by atoms with van der Waals surface area (Å²) in [7, 11) is 0. The first-order chi connectivity index (χ1) is 8.26. The van der Waals surface area contributed by atoms with Crippen molar-refractivity contribution in [2.75, 3.05) is 6.26 Å². The second-order valence-electron chi connectivity index (χ2n) is 3.49. The van der Waals surface area contributed by atoms with Gasteiger partial charge < -0.3 is 0 Å². The summed E-state index contributed by atoms with van der Waals surface area (Å²) >= 11 is 1.47. The molecule has 2 rings (SSSR count). The lowest BCUT2D eigenvalue weighted by molar-refractivity contribution is 1.00. The van der Waals surface area contributed by atoms with Crippen LogP contribution in [0.2, 0.25) is 0 Å². The molecule has 0 aliphatic carbocycles. The maximum atomic E-state index is 9.05. The van der Waals surface area contributed by atoms with Gasteiger partial charge in [0, 0.05) is 5.56 Å². The first-order valence-corrected chi connectivity index (χ1v) is 6.37. The Morgan fingerprint density at radius 1 is 1.18 bits per heavy atom. The van der Waals surface area contributed by atoms with E-state index in [4.69, 9.17) is 5.26 Å². The van der Waals surface area contributed by atoms with Crippen LogP contribution in [0.5, 0.6) is 0 Å². The number of nitriles is 1. The van der Waals surface area contributed by atoms with Crippen LogP contribution >= 0.6 is 11.8 Å². The number of rotatable bonds is 2. The average Bonchev–Trinajstić information content (AvgIpc) is 2.38. The molecular formula is C13H11N3S. The van der Waals surface area contributed by atoms with Gasteiger partial charge >= 0.3 is 0 Å². The fourth-order valence-corrected chi connectivity index (χ4v) is 2.11. The standard InChI is InChI=1S/C13H11N3S/c1-9-11(8-14)13(17-2)16-12(15-9)10-6-4-3-5-7-10/h3-7H,1-2H3. The summed E-state index contributed by atoms with van der Waals surface area (Å²) in [4.78, 5) is 8.80. The van der Waals surface area contributed by atoms with Crippen LogP contribution in [0, 0.1) is 18.3 Å². The Morgan fingerprint density at radius 2 is 1.88 bits per heavy atom. The van der Waals surface area contributed by atoms with Gasteiger partial charge in [0.1, 0.15) is 16.7 Å². The molecule has 17 heavy (non-hydrogen) atoms. The van der Waals surface area contributed by atoms with Gasteiger partial charge in [0.25, 0.3) is 0 Å². The maximum absolute atomic E-state index is 9.05. The molecule has 0 aliphatic heterocycles. The highest BCUT2D eigenvalue weighted by atomic mass is 32.2. The molecule has 0 N–H and O–H groups in total. The minimum absolute atomic E-state index is 0.567. The topological polar surface area (TPSA) is 49.6 Å². The van der Waals surface area contributed by atoms with Crippen molar-refractivity contribution in [2.45, 2.75) is 11.9 Å². The third kappa shape index (κ3) is 2.29. The van der Waals surface area contributed by atoms with Gasteiger partial charge in [-0.3, -0.25) is 0 Å². The van der Waals surface area contributed by atoms with Crippen molar-refractivity contribution < 1.29 is 0 Å². The maximum Gasteiger partial charge on any atom is 0.160 e. The van der Waals surface area contributed by atoms with E-state index in [1.165, 1.54) is 11.8 Å². The number of thioether (sulfide) groups is 1. The van der Waals surface area contributed by atoms with Gasteiger partial charge in [0.05, 0.1) is 5.69 Å². The molecule has 0 saturated carbocycles. The third-order valence-corrected chi connectivity index (χ3v) is 3.08. The van der Waals surface area contributed by atoms with Gasteiger partial charge in [0.2, 0.25) is 0 Å². The molecule has 0 spiro atoms. The van der Waals surface area contributed by atoms with E-state index in [1.54, 1.807) is 0 Å². The van der Waals surface area contributed by atoms with Crippen molar-refractivity contribution in [1.82, 2.24) is 9.97 Å². The molecule has 0 fully saturated rings. The van der Waals surface area contributed by atoms with Crippen LogP contribution in [0.3, 0.4) is 0 Å². The van der Waals surface area contributed by atoms with Crippen molar-refractivity contribution in [1.29, 1.82) is 5.26 Å². The van der Waals surface area contributed by atoms with Gasteiger partial charge in [-0.2, -0.15) is 5.26 Å². The SMILES string of the molecule is CSc1nc(-c2ccccc2)nc(C)c1C#N. The van der Waals surface area contributed by atoms with E-state index < -0.39 is 0 Å². The molecular weight excluding hydrogens is 230 g/mol. The van der Waals surface area contributed by atoms with E-state index in [0.29, 0.717) is 11.4 Å². The van der Waals surface area contributed by atoms with Gasteiger partial charge in [-0.05, 0) is 13.2 Å². The molecule has 0 saturated heterocycles. The molecule has 1 aromatic carbocycles. The number of hydrogen-bond donors (Lipinski definition) is 0. The number of aryl methyl sites for hydroxylation is 1. The van der Waals surface area contributed by atoms with E-state index >= 15 is 0 Å². The molecule has 0 radical (unpaired) electrons. The molecule has 1 heterocycles. The van der Waals surface area contributed by atoms with E-state index in [2.05, 4.69) is 16.0 Å². The number of aromatic nitrogens is 2. The molecule has 4 heteroatoms. The predicted molar refractivity (Wildman–Crippen MR) is 68.7 cm³/mol. The molecule has 2 aromatic rings. The number of nitrogens with zero attached hydrogens (tertiary/aromatic N) is 3. The van der Waals surface area contributed by atoms with Gasteiger partial charge in [-0.15, -0.1) is 11.8 Å². The molecule has 0 bridgehead atoms. The van der Waals surface area contributed by atoms with E-state index in [1.807, 2.05) is 43.5 Å². The summed E-state index contributed by atoms with van der Waals surface area (Å²) in [5, 5.41) is 9.78. The lowest BCUT2D eigenvalue weighted by Gasteiger charge is -2.06. The summed E-state index contributed by atoms with van der Waals surface area (Å²) < 4.78 is 0. The number of benzene rings is 1. The Morgan fingerprint density at radius 3 is 2.47 bits per heavy atom. The zero-order valence-corrected chi connectivity index (χ0v) is 10.5. The first-order valence-electron chi connectivity index (χ1n) is 5.14. The summed E-state index contributed by atoms with van der Waals surface area (Å²) in [6.07, 6.45) is 1.91. The lowest BCUT2D eigenvalue weighted by Crippen LogP contribution is -1.98. The van der Waals surface area contributed by atoms with Crippen LogP contribution < -0.4 is 0 Å². The first kappa shape index (κ1) is 11.6. The summed E-state index contributed by atoms with van der Waals surface area (Å²) in [6.45, 7) is 1.84. The number of hydrogen-bond acceptors (Lipinski definition) is 4. The lowest BCUT2D eigenvalue weighted by atomic mass is 10.2. The van der Waals surface area contributed by atoms with Crippen molar-refractivity contribution in [2.24, 2.45) is 0 Å². The van der Waals surface area contributed by atoms with Crippen LogP contribution in [0.1, 0.15) is 11.3 Å². The molecule has 0 unspecified atom stereocenters. The van der Waals surface area contributed by atoms with Crippen LogP contribution in [-0.2, 0) is 0 Å². The fraction of sp³-hybridized carbons (Fsp3) is 0.154. The van der Waals surface area contributed by atoms with Gasteiger partial charge in [-0.1, -0.05) is 30.3 Å². The second kappa shape index (κ2) is 4.98. The van der Waals surface area contributed by atoms with E-state index in [-0.39, 0.29) is 0 Å². The van der Waals surface area contributed by atoms with Crippen molar-refractivity contribution in [3.63, 3.8) is 0 Å². The Hall–Kier alpha value is -1.86. The highest BCUT2D eigenvalue weighted by Gasteiger charge is 2.11. The largest absolute Gasteiger partial charge is 0.232 e. The van der Waals surface area contributed by atoms with Crippen LogP contribution in [0.25, 0.3) is 11.4 Å². The van der Waals surface area contributed by atoms with Gasteiger partial charge in [0.15, 0.2) is 5.82 Å².